The number of guanidine groups is 1. The lowest BCUT2D eigenvalue weighted by atomic mass is 10.2. The molecule has 1 saturated heterocycles. The lowest BCUT2D eigenvalue weighted by molar-refractivity contribution is -0.128. The predicted molar refractivity (Wildman–Crippen MR) is 118 cm³/mol. The molecule has 1 aromatic heterocycles. The van der Waals surface area contributed by atoms with Crippen molar-refractivity contribution in [1.82, 2.24) is 20.4 Å². The highest BCUT2D eigenvalue weighted by Gasteiger charge is 2.23. The number of thiophene rings is 1. The highest BCUT2D eigenvalue weighted by Crippen LogP contribution is 2.25. The first-order valence-corrected chi connectivity index (χ1v) is 9.49. The van der Waals surface area contributed by atoms with E-state index < -0.39 is 0 Å². The van der Waals surface area contributed by atoms with Crippen LogP contribution in [-0.2, 0) is 9.53 Å². The molecule has 0 bridgehead atoms. The zero-order valence-electron chi connectivity index (χ0n) is 15.7. The number of carbonyl (C=O) groups is 1. The average Bonchev–Trinajstić information content (AvgIpc) is 3.15. The first-order valence-electron chi connectivity index (χ1n) is 8.61. The number of nitrogens with one attached hydrogen (secondary N) is 2. The van der Waals surface area contributed by atoms with Gasteiger partial charge in [0.25, 0.3) is 0 Å². The molecule has 1 amide bonds. The third-order valence-electron chi connectivity index (χ3n) is 4.17. The molecule has 0 aromatic carbocycles. The van der Waals surface area contributed by atoms with E-state index in [1.165, 1.54) is 4.88 Å². The molecule has 0 aliphatic carbocycles. The molecule has 1 aliphatic heterocycles. The highest BCUT2D eigenvalue weighted by atomic mass is 127. The Balaban J connectivity index is 0.00000338. The van der Waals surface area contributed by atoms with Crippen LogP contribution < -0.4 is 10.6 Å². The van der Waals surface area contributed by atoms with E-state index in [-0.39, 0.29) is 29.9 Å². The van der Waals surface area contributed by atoms with Crippen LogP contribution >= 0.6 is 35.3 Å². The van der Waals surface area contributed by atoms with Gasteiger partial charge in [-0.1, -0.05) is 6.07 Å². The van der Waals surface area contributed by atoms with Crippen molar-refractivity contribution in [2.24, 2.45) is 4.99 Å². The molecule has 2 N–H and O–H groups in total. The van der Waals surface area contributed by atoms with Gasteiger partial charge in [0.15, 0.2) is 5.96 Å². The van der Waals surface area contributed by atoms with Crippen molar-refractivity contribution in [2.75, 3.05) is 60.5 Å². The fourth-order valence-electron chi connectivity index (χ4n) is 2.71. The summed E-state index contributed by atoms with van der Waals surface area (Å²) in [6.45, 7) is 4.77. The fourth-order valence-corrected chi connectivity index (χ4v) is 3.57. The van der Waals surface area contributed by atoms with E-state index in [0.29, 0.717) is 19.0 Å². The van der Waals surface area contributed by atoms with E-state index in [1.807, 2.05) is 0 Å². The molecule has 0 saturated carbocycles. The minimum Gasteiger partial charge on any atom is -0.379 e. The van der Waals surface area contributed by atoms with Crippen molar-refractivity contribution in [3.05, 3.63) is 22.4 Å². The van der Waals surface area contributed by atoms with Crippen LogP contribution in [0.4, 0.5) is 0 Å². The van der Waals surface area contributed by atoms with E-state index in [9.17, 15) is 4.79 Å². The van der Waals surface area contributed by atoms with Crippen molar-refractivity contribution >= 4 is 47.2 Å². The van der Waals surface area contributed by atoms with Gasteiger partial charge in [0.2, 0.25) is 5.91 Å². The normalized spacial score (nSPS) is 16.5. The summed E-state index contributed by atoms with van der Waals surface area (Å²) in [5.41, 5.74) is 0. The molecule has 7 nitrogen and oxygen atoms in total. The summed E-state index contributed by atoms with van der Waals surface area (Å²) in [6, 6.07) is 4.57. The summed E-state index contributed by atoms with van der Waals surface area (Å²) in [6.07, 6.45) is 0.450. The molecular weight excluding hydrogens is 465 g/mol. The Morgan fingerprint density at radius 2 is 2.12 bits per heavy atom. The summed E-state index contributed by atoms with van der Waals surface area (Å²) in [4.78, 5) is 21.3. The number of amides is 1. The lowest BCUT2D eigenvalue weighted by Crippen LogP contribution is -2.46. The van der Waals surface area contributed by atoms with Gasteiger partial charge in [-0.25, -0.2) is 0 Å². The van der Waals surface area contributed by atoms with Crippen molar-refractivity contribution in [3.63, 3.8) is 0 Å². The molecule has 26 heavy (non-hydrogen) atoms. The molecule has 1 atom stereocenters. The van der Waals surface area contributed by atoms with Crippen LogP contribution in [0.5, 0.6) is 0 Å². The molecule has 1 aliphatic rings. The highest BCUT2D eigenvalue weighted by molar-refractivity contribution is 14.0. The first-order chi connectivity index (χ1) is 12.1. The number of hydrogen-bond donors (Lipinski definition) is 2. The summed E-state index contributed by atoms with van der Waals surface area (Å²) < 4.78 is 5.48. The number of carbonyl (C=O) groups excluding carboxylic acids is 1. The molecule has 2 heterocycles. The fraction of sp³-hybridized carbons (Fsp3) is 0.647. The molecule has 1 aromatic rings. The number of nitrogens with zero attached hydrogens (tertiary/aromatic N) is 3. The van der Waals surface area contributed by atoms with Gasteiger partial charge >= 0.3 is 0 Å². The van der Waals surface area contributed by atoms with Crippen molar-refractivity contribution in [3.8, 4) is 0 Å². The van der Waals surface area contributed by atoms with Crippen molar-refractivity contribution in [2.45, 2.75) is 12.5 Å². The molecule has 0 radical (unpaired) electrons. The second-order valence-corrected chi connectivity index (χ2v) is 7.08. The maximum atomic E-state index is 11.6. The van der Waals surface area contributed by atoms with Crippen LogP contribution in [0.1, 0.15) is 17.3 Å². The number of hydrogen-bond acceptors (Lipinski definition) is 5. The molecule has 1 fully saturated rings. The van der Waals surface area contributed by atoms with E-state index in [4.69, 9.17) is 4.74 Å². The molecule has 148 valence electrons. The largest absolute Gasteiger partial charge is 0.379 e. The zero-order chi connectivity index (χ0) is 18.1. The van der Waals surface area contributed by atoms with Gasteiger partial charge in [0, 0.05) is 58.6 Å². The second kappa shape index (κ2) is 12.5. The Kier molecular flexibility index (Phi) is 11.1. The number of aliphatic imine (C=N–C) groups is 1. The van der Waals surface area contributed by atoms with Gasteiger partial charge in [0.05, 0.1) is 19.3 Å². The molecule has 1 unspecified atom stereocenters. The Morgan fingerprint density at radius 1 is 1.38 bits per heavy atom. The lowest BCUT2D eigenvalue weighted by Gasteiger charge is -2.34. The van der Waals surface area contributed by atoms with Crippen LogP contribution in [0.25, 0.3) is 0 Å². The number of ether oxygens (including phenoxy) is 1. The molecule has 9 heteroatoms. The molecule has 2 rings (SSSR count). The van der Waals surface area contributed by atoms with Gasteiger partial charge in [-0.15, -0.1) is 35.3 Å². The van der Waals surface area contributed by atoms with Crippen LogP contribution in [0.3, 0.4) is 0 Å². The molecule has 0 spiro atoms. The third-order valence-corrected chi connectivity index (χ3v) is 5.15. The van der Waals surface area contributed by atoms with Gasteiger partial charge in [0.1, 0.15) is 0 Å². The van der Waals surface area contributed by atoms with Crippen molar-refractivity contribution in [1.29, 1.82) is 0 Å². The SMILES string of the molecule is CN=C(NCCC(=O)N(C)C)NCC(c1cccs1)N1CCOCC1.I. The summed E-state index contributed by atoms with van der Waals surface area (Å²) in [5, 5.41) is 8.72. The summed E-state index contributed by atoms with van der Waals surface area (Å²) in [5.74, 6) is 0.828. The van der Waals surface area contributed by atoms with Crippen molar-refractivity contribution < 1.29 is 9.53 Å². The smallest absolute Gasteiger partial charge is 0.223 e. The monoisotopic (exact) mass is 495 g/mol. The average molecular weight is 495 g/mol. The van der Waals surface area contributed by atoms with Crippen LogP contribution in [-0.4, -0.2) is 82.2 Å². The van der Waals surface area contributed by atoms with Crippen LogP contribution in [0, 0.1) is 0 Å². The van der Waals surface area contributed by atoms with Gasteiger partial charge in [-0.05, 0) is 11.4 Å². The number of halogens is 1. The Bertz CT molecular complexity index is 547. The Morgan fingerprint density at radius 3 is 2.69 bits per heavy atom. The second-order valence-electron chi connectivity index (χ2n) is 6.10. The van der Waals surface area contributed by atoms with Crippen LogP contribution in [0.15, 0.2) is 22.5 Å². The van der Waals surface area contributed by atoms with Gasteiger partial charge in [-0.2, -0.15) is 0 Å². The van der Waals surface area contributed by atoms with Crippen LogP contribution in [0.2, 0.25) is 0 Å². The number of rotatable bonds is 7. The van der Waals surface area contributed by atoms with E-state index in [2.05, 4.69) is 38.0 Å². The minimum atomic E-state index is 0. The van der Waals surface area contributed by atoms with Gasteiger partial charge < -0.3 is 20.3 Å². The zero-order valence-corrected chi connectivity index (χ0v) is 18.9. The van der Waals surface area contributed by atoms with Gasteiger partial charge in [-0.3, -0.25) is 14.7 Å². The first kappa shape index (κ1) is 23.1. The Hall–Kier alpha value is -0.910. The third kappa shape index (κ3) is 7.37. The number of morpholine rings is 1. The maximum absolute atomic E-state index is 11.6. The standard InChI is InChI=1S/C17H29N5O2S.HI/c1-18-17(19-7-6-16(23)21(2)3)20-13-14(15-5-4-12-25-15)22-8-10-24-11-9-22;/h4-5,12,14H,6-11,13H2,1-3H3,(H2,18,19,20);1H. The maximum Gasteiger partial charge on any atom is 0.223 e. The predicted octanol–water partition coefficient (Wildman–Crippen LogP) is 1.38. The molecular formula is C17H30IN5O2S. The Labute approximate surface area is 177 Å². The van der Waals surface area contributed by atoms with E-state index in [1.54, 1.807) is 37.4 Å². The topological polar surface area (TPSA) is 69.2 Å². The minimum absolute atomic E-state index is 0. The van der Waals surface area contributed by atoms with E-state index in [0.717, 1.165) is 38.8 Å². The summed E-state index contributed by atoms with van der Waals surface area (Å²) in [7, 11) is 5.28. The van der Waals surface area contributed by atoms with E-state index >= 15 is 0 Å². The quantitative estimate of drug-likeness (QED) is 0.340. The summed E-state index contributed by atoms with van der Waals surface area (Å²) >= 11 is 1.78.